The van der Waals surface area contributed by atoms with Gasteiger partial charge in [0.05, 0.1) is 24.1 Å². The third kappa shape index (κ3) is 4.54. The van der Waals surface area contributed by atoms with Gasteiger partial charge in [0.15, 0.2) is 11.5 Å². The van der Waals surface area contributed by atoms with E-state index in [4.69, 9.17) is 9.47 Å². The zero-order chi connectivity index (χ0) is 21.8. The molecule has 3 aromatic carbocycles. The van der Waals surface area contributed by atoms with Crippen molar-refractivity contribution >= 4 is 39.3 Å². The Morgan fingerprint density at radius 1 is 1.00 bits per heavy atom. The summed E-state index contributed by atoms with van der Waals surface area (Å²) in [7, 11) is 1.60. The highest BCUT2D eigenvalue weighted by Gasteiger charge is 2.28. The molecular weight excluding hydrogens is 456 g/mol. The second-order valence-corrected chi connectivity index (χ2v) is 7.85. The molecule has 0 aromatic heterocycles. The van der Waals surface area contributed by atoms with Crippen LogP contribution in [-0.4, -0.2) is 18.7 Å². The van der Waals surface area contributed by atoms with Crippen LogP contribution in [0.25, 0.3) is 6.08 Å². The number of para-hydroxylation sites is 1. The van der Waals surface area contributed by atoms with Crippen LogP contribution in [-0.2, 0) is 11.4 Å². The lowest BCUT2D eigenvalue weighted by atomic mass is 10.1. The van der Waals surface area contributed by atoms with E-state index >= 15 is 0 Å². The van der Waals surface area contributed by atoms with Gasteiger partial charge in [0.25, 0.3) is 5.91 Å². The predicted octanol–water partition coefficient (Wildman–Crippen LogP) is 5.84. The number of hydrazone groups is 1. The maximum absolute atomic E-state index is 13.0. The van der Waals surface area contributed by atoms with Gasteiger partial charge < -0.3 is 9.47 Å². The topological polar surface area (TPSA) is 51.1 Å². The smallest absolute Gasteiger partial charge is 0.280 e. The molecule has 0 aliphatic carbocycles. The molecule has 0 saturated carbocycles. The Labute approximate surface area is 189 Å². The van der Waals surface area contributed by atoms with Gasteiger partial charge >= 0.3 is 0 Å². The van der Waals surface area contributed by atoms with Gasteiger partial charge in [-0.15, -0.1) is 0 Å². The van der Waals surface area contributed by atoms with Gasteiger partial charge in [0.1, 0.15) is 6.61 Å². The highest BCUT2D eigenvalue weighted by molar-refractivity contribution is 9.10. The summed E-state index contributed by atoms with van der Waals surface area (Å²) >= 11 is 3.60. The zero-order valence-corrected chi connectivity index (χ0v) is 18.8. The number of halogens is 1. The number of anilines is 1. The summed E-state index contributed by atoms with van der Waals surface area (Å²) in [5, 5.41) is 5.85. The average molecular weight is 477 g/mol. The number of carbonyl (C=O) groups is 1. The molecule has 0 fully saturated rings. The molecule has 0 radical (unpaired) electrons. The van der Waals surface area contributed by atoms with Gasteiger partial charge in [-0.1, -0.05) is 64.5 Å². The average Bonchev–Trinajstić information content (AvgIpc) is 3.08. The molecule has 4 rings (SSSR count). The van der Waals surface area contributed by atoms with Crippen molar-refractivity contribution in [3.05, 3.63) is 94.0 Å². The fraction of sp³-hybridized carbons (Fsp3) is 0.120. The molecular formula is C25H21BrN2O3. The van der Waals surface area contributed by atoms with Crippen molar-refractivity contribution in [3.8, 4) is 11.5 Å². The van der Waals surface area contributed by atoms with Gasteiger partial charge in [0.2, 0.25) is 0 Å². The molecule has 0 spiro atoms. The van der Waals surface area contributed by atoms with Crippen LogP contribution in [0.2, 0.25) is 0 Å². The minimum atomic E-state index is -0.168. The molecule has 31 heavy (non-hydrogen) atoms. The van der Waals surface area contributed by atoms with Crippen LogP contribution < -0.4 is 14.5 Å². The highest BCUT2D eigenvalue weighted by Crippen LogP contribution is 2.36. The number of hydrogen-bond donors (Lipinski definition) is 0. The molecule has 1 heterocycles. The number of hydrogen-bond acceptors (Lipinski definition) is 4. The third-order valence-corrected chi connectivity index (χ3v) is 5.57. The number of methoxy groups -OCH3 is 1. The first kappa shape index (κ1) is 20.9. The van der Waals surface area contributed by atoms with Crippen molar-refractivity contribution in [3.63, 3.8) is 0 Å². The molecule has 0 N–H and O–H groups in total. The Bertz CT molecular complexity index is 1160. The normalized spacial score (nSPS) is 14.7. The summed E-state index contributed by atoms with van der Waals surface area (Å²) in [6.07, 6.45) is 1.82. The second-order valence-electron chi connectivity index (χ2n) is 6.99. The van der Waals surface area contributed by atoms with Crippen molar-refractivity contribution in [2.75, 3.05) is 12.1 Å². The van der Waals surface area contributed by atoms with E-state index in [-0.39, 0.29) is 5.91 Å². The Morgan fingerprint density at radius 2 is 1.68 bits per heavy atom. The van der Waals surface area contributed by atoms with Gasteiger partial charge in [-0.25, -0.2) is 0 Å². The molecule has 3 aromatic rings. The lowest BCUT2D eigenvalue weighted by Crippen LogP contribution is -2.21. The third-order valence-electron chi connectivity index (χ3n) is 4.88. The van der Waals surface area contributed by atoms with Crippen LogP contribution in [0.4, 0.5) is 5.69 Å². The molecule has 0 bridgehead atoms. The standard InChI is InChI=1S/C25H21BrN2O3/c1-17-21(25(29)28(27-17)20-11-7-4-8-12-20)13-19-14-23(30-2)24(15-22(19)26)31-16-18-9-5-3-6-10-18/h3-15H,16H2,1-2H3/b21-13+. The van der Waals surface area contributed by atoms with Gasteiger partial charge in [-0.05, 0) is 48.4 Å². The van der Waals surface area contributed by atoms with Crippen molar-refractivity contribution in [1.29, 1.82) is 0 Å². The lowest BCUT2D eigenvalue weighted by molar-refractivity contribution is -0.114. The molecule has 1 aliphatic heterocycles. The number of carbonyl (C=O) groups excluding carboxylic acids is 1. The summed E-state index contributed by atoms with van der Waals surface area (Å²) in [5.74, 6) is 1.04. The second kappa shape index (κ2) is 9.18. The molecule has 6 heteroatoms. The first-order valence-electron chi connectivity index (χ1n) is 9.78. The Balaban J connectivity index is 1.60. The number of ether oxygens (including phenoxy) is 2. The zero-order valence-electron chi connectivity index (χ0n) is 17.2. The van der Waals surface area contributed by atoms with E-state index in [1.54, 1.807) is 7.11 Å². The van der Waals surface area contributed by atoms with E-state index in [2.05, 4.69) is 21.0 Å². The van der Waals surface area contributed by atoms with Crippen molar-refractivity contribution in [2.24, 2.45) is 5.10 Å². The molecule has 1 aliphatic rings. The Hall–Kier alpha value is -3.38. The van der Waals surface area contributed by atoms with E-state index in [0.717, 1.165) is 21.3 Å². The maximum Gasteiger partial charge on any atom is 0.280 e. The molecule has 5 nitrogen and oxygen atoms in total. The number of amides is 1. The van der Waals surface area contributed by atoms with E-state index < -0.39 is 0 Å². The first-order chi connectivity index (χ1) is 15.1. The van der Waals surface area contributed by atoms with Crippen LogP contribution in [0.3, 0.4) is 0 Å². The number of benzene rings is 3. The lowest BCUT2D eigenvalue weighted by Gasteiger charge is -2.13. The fourth-order valence-electron chi connectivity index (χ4n) is 3.25. The van der Waals surface area contributed by atoms with E-state index in [9.17, 15) is 4.79 Å². The van der Waals surface area contributed by atoms with Crippen LogP contribution >= 0.6 is 15.9 Å². The molecule has 0 unspecified atom stereocenters. The Kier molecular flexibility index (Phi) is 6.18. The molecule has 156 valence electrons. The summed E-state index contributed by atoms with van der Waals surface area (Å²) in [6, 6.07) is 23.0. The largest absolute Gasteiger partial charge is 0.493 e. The fourth-order valence-corrected chi connectivity index (χ4v) is 3.69. The summed E-state index contributed by atoms with van der Waals surface area (Å²) in [6.45, 7) is 2.26. The summed E-state index contributed by atoms with van der Waals surface area (Å²) < 4.78 is 12.3. The van der Waals surface area contributed by atoms with Crippen molar-refractivity contribution in [1.82, 2.24) is 0 Å². The van der Waals surface area contributed by atoms with Crippen LogP contribution in [0.1, 0.15) is 18.1 Å². The molecule has 0 atom stereocenters. The van der Waals surface area contributed by atoms with Crippen molar-refractivity contribution < 1.29 is 14.3 Å². The highest BCUT2D eigenvalue weighted by atomic mass is 79.9. The van der Waals surface area contributed by atoms with Gasteiger partial charge in [-0.2, -0.15) is 10.1 Å². The van der Waals surface area contributed by atoms with E-state index in [1.807, 2.05) is 85.8 Å². The first-order valence-corrected chi connectivity index (χ1v) is 10.6. The maximum atomic E-state index is 13.0. The number of nitrogens with zero attached hydrogens (tertiary/aromatic N) is 2. The van der Waals surface area contributed by atoms with Crippen molar-refractivity contribution in [2.45, 2.75) is 13.5 Å². The van der Waals surface area contributed by atoms with E-state index in [0.29, 0.717) is 29.4 Å². The number of rotatable bonds is 6. The molecule has 1 amide bonds. The Morgan fingerprint density at radius 3 is 2.35 bits per heavy atom. The van der Waals surface area contributed by atoms with Crippen LogP contribution in [0.15, 0.2) is 87.9 Å². The SMILES string of the molecule is COc1cc(/C=C2/C(=O)N(c3ccccc3)N=C2C)c(Br)cc1OCc1ccccc1. The summed E-state index contributed by atoms with van der Waals surface area (Å²) in [4.78, 5) is 13.0. The molecule has 0 saturated heterocycles. The quantitative estimate of drug-likeness (QED) is 0.419. The minimum absolute atomic E-state index is 0.168. The monoisotopic (exact) mass is 476 g/mol. The summed E-state index contributed by atoms with van der Waals surface area (Å²) in [5.41, 5.74) is 3.79. The van der Waals surface area contributed by atoms with Crippen LogP contribution in [0, 0.1) is 0 Å². The van der Waals surface area contributed by atoms with E-state index in [1.165, 1.54) is 5.01 Å². The van der Waals surface area contributed by atoms with Gasteiger partial charge in [0, 0.05) is 4.47 Å². The minimum Gasteiger partial charge on any atom is -0.493 e. The van der Waals surface area contributed by atoms with Gasteiger partial charge in [-0.3, -0.25) is 4.79 Å². The predicted molar refractivity (Wildman–Crippen MR) is 126 cm³/mol. The van der Waals surface area contributed by atoms with Crippen LogP contribution in [0.5, 0.6) is 11.5 Å².